The molecule has 0 bridgehead atoms. The number of imidazole rings is 1. The standard InChI is InChI=1S/C16H22ClN3O2/c1-22-14-7-6-12-16(15(14)17)19-10-20(12)9-3-4-11-13(21)5-2-8-18-11/h6-7,10-11,13,18,21H,2-5,8-9H2,1H3/t11-,13+/m1/s1. The number of halogens is 1. The summed E-state index contributed by atoms with van der Waals surface area (Å²) in [7, 11) is 1.60. The summed E-state index contributed by atoms with van der Waals surface area (Å²) in [5.74, 6) is 0.647. The summed E-state index contributed by atoms with van der Waals surface area (Å²) < 4.78 is 7.32. The Balaban J connectivity index is 1.66. The number of nitrogens with one attached hydrogen (secondary N) is 1. The van der Waals surface area contributed by atoms with E-state index in [1.165, 1.54) is 0 Å². The highest BCUT2D eigenvalue weighted by Crippen LogP contribution is 2.31. The third kappa shape index (κ3) is 3.07. The average molecular weight is 324 g/mol. The normalized spacial score (nSPS) is 22.1. The molecule has 0 saturated carbocycles. The molecule has 0 aliphatic carbocycles. The summed E-state index contributed by atoms with van der Waals surface area (Å²) in [6.07, 6.45) is 5.52. The lowest BCUT2D eigenvalue weighted by atomic mass is 9.97. The third-order valence-electron chi connectivity index (χ3n) is 4.38. The highest BCUT2D eigenvalue weighted by molar-refractivity contribution is 6.36. The highest BCUT2D eigenvalue weighted by atomic mass is 35.5. The zero-order valence-corrected chi connectivity index (χ0v) is 13.5. The van der Waals surface area contributed by atoms with Crippen LogP contribution in [0.4, 0.5) is 0 Å². The van der Waals surface area contributed by atoms with Gasteiger partial charge in [0.25, 0.3) is 0 Å². The fraction of sp³-hybridized carbons (Fsp3) is 0.562. The number of benzene rings is 1. The van der Waals surface area contributed by atoms with Crippen molar-refractivity contribution in [3.63, 3.8) is 0 Å². The Labute approximate surface area is 135 Å². The molecule has 3 rings (SSSR count). The van der Waals surface area contributed by atoms with Gasteiger partial charge in [0.1, 0.15) is 16.3 Å². The minimum atomic E-state index is -0.216. The predicted molar refractivity (Wildman–Crippen MR) is 87.6 cm³/mol. The van der Waals surface area contributed by atoms with Gasteiger partial charge in [-0.1, -0.05) is 11.6 Å². The van der Waals surface area contributed by atoms with Crippen molar-refractivity contribution >= 4 is 22.6 Å². The van der Waals surface area contributed by atoms with Crippen LogP contribution in [0.1, 0.15) is 25.7 Å². The van der Waals surface area contributed by atoms with Crippen molar-refractivity contribution < 1.29 is 9.84 Å². The van der Waals surface area contributed by atoms with Crippen molar-refractivity contribution in [1.82, 2.24) is 14.9 Å². The second-order valence-electron chi connectivity index (χ2n) is 5.80. The van der Waals surface area contributed by atoms with E-state index >= 15 is 0 Å². The van der Waals surface area contributed by atoms with E-state index in [9.17, 15) is 5.11 Å². The van der Waals surface area contributed by atoms with Crippen LogP contribution in [0.5, 0.6) is 5.75 Å². The smallest absolute Gasteiger partial charge is 0.139 e. The summed E-state index contributed by atoms with van der Waals surface area (Å²) >= 11 is 6.29. The lowest BCUT2D eigenvalue weighted by molar-refractivity contribution is 0.0909. The van der Waals surface area contributed by atoms with Crippen LogP contribution in [0, 0.1) is 0 Å². The molecule has 2 N–H and O–H groups in total. The molecule has 2 aromatic rings. The van der Waals surface area contributed by atoms with Crippen molar-refractivity contribution in [3.8, 4) is 5.75 Å². The Kier molecular flexibility index (Phi) is 4.86. The second kappa shape index (κ2) is 6.86. The number of methoxy groups -OCH3 is 1. The molecule has 1 aliphatic rings. The molecule has 22 heavy (non-hydrogen) atoms. The van der Waals surface area contributed by atoms with E-state index in [1.807, 2.05) is 18.5 Å². The minimum absolute atomic E-state index is 0.215. The molecule has 1 aliphatic heterocycles. The Morgan fingerprint density at radius 2 is 2.36 bits per heavy atom. The van der Waals surface area contributed by atoms with Crippen molar-refractivity contribution in [2.24, 2.45) is 0 Å². The Morgan fingerprint density at radius 1 is 1.50 bits per heavy atom. The topological polar surface area (TPSA) is 59.3 Å². The first-order valence-corrected chi connectivity index (χ1v) is 8.17. The minimum Gasteiger partial charge on any atom is -0.495 e. The van der Waals surface area contributed by atoms with Crippen molar-refractivity contribution in [1.29, 1.82) is 0 Å². The first-order valence-electron chi connectivity index (χ1n) is 7.79. The monoisotopic (exact) mass is 323 g/mol. The number of aliphatic hydroxyl groups excluding tert-OH is 1. The number of aliphatic hydroxyl groups is 1. The number of aromatic nitrogens is 2. The SMILES string of the molecule is COc1ccc2c(ncn2CCC[C@H]2NCCC[C@@H]2O)c1Cl. The molecular weight excluding hydrogens is 302 g/mol. The number of rotatable bonds is 5. The fourth-order valence-corrected chi connectivity index (χ4v) is 3.41. The number of nitrogens with zero attached hydrogens (tertiary/aromatic N) is 2. The van der Waals surface area contributed by atoms with E-state index in [2.05, 4.69) is 14.9 Å². The van der Waals surface area contributed by atoms with Crippen LogP contribution in [0.3, 0.4) is 0 Å². The number of fused-ring (bicyclic) bond motifs is 1. The number of hydrogen-bond donors (Lipinski definition) is 2. The van der Waals surface area contributed by atoms with Crippen LogP contribution < -0.4 is 10.1 Å². The van der Waals surface area contributed by atoms with Gasteiger partial charge >= 0.3 is 0 Å². The van der Waals surface area contributed by atoms with Crippen LogP contribution in [0.2, 0.25) is 5.02 Å². The van der Waals surface area contributed by atoms with Crippen LogP contribution in [-0.2, 0) is 6.54 Å². The molecule has 1 fully saturated rings. The van der Waals surface area contributed by atoms with Gasteiger partial charge in [0, 0.05) is 12.6 Å². The van der Waals surface area contributed by atoms with Crippen LogP contribution in [0.25, 0.3) is 11.0 Å². The second-order valence-corrected chi connectivity index (χ2v) is 6.18. The molecule has 1 aromatic heterocycles. The van der Waals surface area contributed by atoms with Crippen molar-refractivity contribution in [3.05, 3.63) is 23.5 Å². The summed E-state index contributed by atoms with van der Waals surface area (Å²) in [4.78, 5) is 4.39. The average Bonchev–Trinajstić information content (AvgIpc) is 2.94. The summed E-state index contributed by atoms with van der Waals surface area (Å²) in [6.45, 7) is 1.87. The maximum atomic E-state index is 9.98. The summed E-state index contributed by atoms with van der Waals surface area (Å²) in [5.41, 5.74) is 1.79. The van der Waals surface area contributed by atoms with Gasteiger partial charge in [-0.3, -0.25) is 0 Å². The van der Waals surface area contributed by atoms with Gasteiger partial charge in [-0.05, 0) is 44.4 Å². The van der Waals surface area contributed by atoms with Gasteiger partial charge in [-0.2, -0.15) is 0 Å². The zero-order chi connectivity index (χ0) is 15.5. The van der Waals surface area contributed by atoms with Gasteiger partial charge in [-0.15, -0.1) is 0 Å². The molecule has 5 nitrogen and oxygen atoms in total. The molecule has 6 heteroatoms. The van der Waals surface area contributed by atoms with Crippen LogP contribution in [-0.4, -0.2) is 40.5 Å². The molecule has 1 saturated heterocycles. The van der Waals surface area contributed by atoms with Crippen LogP contribution >= 0.6 is 11.6 Å². The van der Waals surface area contributed by atoms with Gasteiger partial charge in [0.05, 0.1) is 25.1 Å². The Bertz CT molecular complexity index is 644. The number of aryl methyl sites for hydroxylation is 1. The van der Waals surface area contributed by atoms with E-state index in [-0.39, 0.29) is 12.1 Å². The molecule has 0 radical (unpaired) electrons. The molecular formula is C16H22ClN3O2. The summed E-state index contributed by atoms with van der Waals surface area (Å²) in [5, 5.41) is 13.9. The third-order valence-corrected chi connectivity index (χ3v) is 4.74. The summed E-state index contributed by atoms with van der Waals surface area (Å²) in [6, 6.07) is 4.07. The molecule has 0 amide bonds. The maximum Gasteiger partial charge on any atom is 0.139 e. The highest BCUT2D eigenvalue weighted by Gasteiger charge is 2.21. The number of hydrogen-bond acceptors (Lipinski definition) is 4. The molecule has 120 valence electrons. The quantitative estimate of drug-likeness (QED) is 0.888. The lowest BCUT2D eigenvalue weighted by Gasteiger charge is -2.29. The van der Waals surface area contributed by atoms with E-state index < -0.39 is 0 Å². The molecule has 0 spiro atoms. The van der Waals surface area contributed by atoms with E-state index in [0.717, 1.165) is 49.8 Å². The zero-order valence-electron chi connectivity index (χ0n) is 12.8. The molecule has 0 unspecified atom stereocenters. The van der Waals surface area contributed by atoms with Gasteiger partial charge < -0.3 is 19.7 Å². The molecule has 2 heterocycles. The van der Waals surface area contributed by atoms with Crippen molar-refractivity contribution in [2.75, 3.05) is 13.7 Å². The van der Waals surface area contributed by atoms with Crippen molar-refractivity contribution in [2.45, 2.75) is 44.4 Å². The molecule has 2 atom stereocenters. The van der Waals surface area contributed by atoms with Gasteiger partial charge in [0.15, 0.2) is 0 Å². The van der Waals surface area contributed by atoms with Gasteiger partial charge in [-0.25, -0.2) is 4.98 Å². The first-order chi connectivity index (χ1) is 10.7. The Morgan fingerprint density at radius 3 is 3.14 bits per heavy atom. The van der Waals surface area contributed by atoms with Gasteiger partial charge in [0.2, 0.25) is 0 Å². The Hall–Kier alpha value is -1.30. The number of ether oxygens (including phenoxy) is 1. The van der Waals surface area contributed by atoms with E-state index in [1.54, 1.807) is 7.11 Å². The first kappa shape index (κ1) is 15.6. The van der Waals surface area contributed by atoms with E-state index in [0.29, 0.717) is 10.8 Å². The lowest BCUT2D eigenvalue weighted by Crippen LogP contribution is -2.44. The number of piperidine rings is 1. The fourth-order valence-electron chi connectivity index (χ4n) is 3.13. The molecule has 1 aromatic carbocycles. The maximum absolute atomic E-state index is 9.98. The largest absolute Gasteiger partial charge is 0.495 e. The van der Waals surface area contributed by atoms with E-state index in [4.69, 9.17) is 16.3 Å². The predicted octanol–water partition coefficient (Wildman–Crippen LogP) is 2.59. The van der Waals surface area contributed by atoms with Crippen LogP contribution in [0.15, 0.2) is 18.5 Å².